The van der Waals surface area contributed by atoms with Crippen molar-refractivity contribution < 1.29 is 0 Å². The van der Waals surface area contributed by atoms with Gasteiger partial charge in [-0.15, -0.1) is 11.3 Å². The second-order valence-corrected chi connectivity index (χ2v) is 13.7. The van der Waals surface area contributed by atoms with Gasteiger partial charge in [0.25, 0.3) is 0 Å². The molecule has 10 rings (SSSR count). The van der Waals surface area contributed by atoms with Crippen LogP contribution in [0.4, 0.5) is 0 Å². The van der Waals surface area contributed by atoms with Crippen LogP contribution in [0.1, 0.15) is 12.7 Å². The van der Waals surface area contributed by atoms with Gasteiger partial charge in [-0.1, -0.05) is 116 Å². The van der Waals surface area contributed by atoms with Crippen molar-refractivity contribution in [1.82, 2.24) is 9.55 Å². The first-order valence-corrected chi connectivity index (χ1v) is 17.4. The molecule has 0 saturated carbocycles. The molecule has 0 unspecified atom stereocenters. The smallest absolute Gasteiger partial charge is 0.114 e. The van der Waals surface area contributed by atoms with Gasteiger partial charge in [0.2, 0.25) is 0 Å². The molecule has 3 heteroatoms. The van der Waals surface area contributed by atoms with Gasteiger partial charge in [-0.25, -0.2) is 4.98 Å². The molecule has 0 aliphatic carbocycles. The number of rotatable bonds is 4. The van der Waals surface area contributed by atoms with Crippen LogP contribution in [0.3, 0.4) is 0 Å². The summed E-state index contributed by atoms with van der Waals surface area (Å²) in [6.45, 7) is 2.17. The summed E-state index contributed by atoms with van der Waals surface area (Å²) in [5, 5.41) is 10.3. The van der Waals surface area contributed by atoms with Gasteiger partial charge in [-0.3, -0.25) is 4.57 Å². The Balaban J connectivity index is 1.17. The number of fused-ring (bicyclic) bond motifs is 7. The van der Waals surface area contributed by atoms with Crippen LogP contribution < -0.4 is 0 Å². The number of nitrogens with zero attached hydrogens (tertiary/aromatic N) is 2. The van der Waals surface area contributed by atoms with Crippen LogP contribution in [0.5, 0.6) is 0 Å². The zero-order valence-corrected chi connectivity index (χ0v) is 27.3. The molecule has 2 aromatic heterocycles. The average molecular weight is 631 g/mol. The number of hydrogen-bond donors (Lipinski definition) is 0. The molecule has 48 heavy (non-hydrogen) atoms. The molecule has 226 valence electrons. The van der Waals surface area contributed by atoms with Crippen molar-refractivity contribution in [1.29, 1.82) is 0 Å². The maximum Gasteiger partial charge on any atom is 0.114 e. The van der Waals surface area contributed by atoms with E-state index in [9.17, 15) is 0 Å². The summed E-state index contributed by atoms with van der Waals surface area (Å²) in [7, 11) is 0. The van der Waals surface area contributed by atoms with E-state index in [-0.39, 0.29) is 0 Å². The first-order valence-electron chi connectivity index (χ1n) is 16.6. The number of aryl methyl sites for hydroxylation is 1. The summed E-state index contributed by atoms with van der Waals surface area (Å²) < 4.78 is 4.96. The maximum atomic E-state index is 4.92. The summed E-state index contributed by atoms with van der Waals surface area (Å²) in [5.74, 6) is 1.08. The molecule has 0 saturated heterocycles. The van der Waals surface area contributed by atoms with Gasteiger partial charge in [0.1, 0.15) is 5.82 Å². The molecule has 0 N–H and O–H groups in total. The Morgan fingerprint density at radius 1 is 0.500 bits per heavy atom. The summed E-state index contributed by atoms with van der Waals surface area (Å²) >= 11 is 1.89. The largest absolute Gasteiger partial charge is 0.296 e. The molecule has 2 nitrogen and oxygen atoms in total. The Bertz CT molecular complexity index is 2820. The van der Waals surface area contributed by atoms with Crippen LogP contribution in [-0.4, -0.2) is 9.55 Å². The van der Waals surface area contributed by atoms with Gasteiger partial charge < -0.3 is 0 Å². The molecule has 0 atom stereocenters. The minimum absolute atomic E-state index is 0.872. The number of hydrogen-bond acceptors (Lipinski definition) is 2. The summed E-state index contributed by atoms with van der Waals surface area (Å²) in [6, 6.07) is 55.8. The molecular weight excluding hydrogens is 601 g/mol. The number of thiophene rings is 1. The lowest BCUT2D eigenvalue weighted by atomic mass is 9.86. The molecule has 0 radical (unpaired) electrons. The highest BCUT2D eigenvalue weighted by Crippen LogP contribution is 2.45. The summed E-state index contributed by atoms with van der Waals surface area (Å²) in [6.07, 6.45) is 0.872. The number of para-hydroxylation sites is 2. The quantitative estimate of drug-likeness (QED) is 0.177. The van der Waals surface area contributed by atoms with Crippen LogP contribution in [-0.2, 0) is 6.42 Å². The predicted octanol–water partition coefficient (Wildman–Crippen LogP) is 12.7. The molecule has 0 aliphatic rings. The summed E-state index contributed by atoms with van der Waals surface area (Å²) in [4.78, 5) is 4.92. The Hall–Kier alpha value is -5.77. The Morgan fingerprint density at radius 3 is 1.75 bits per heavy atom. The second-order valence-electron chi connectivity index (χ2n) is 12.6. The second kappa shape index (κ2) is 10.6. The minimum atomic E-state index is 0.872. The van der Waals surface area contributed by atoms with Crippen molar-refractivity contribution in [2.75, 3.05) is 0 Å². The molecular formula is C45H30N2S. The third kappa shape index (κ3) is 4.08. The van der Waals surface area contributed by atoms with E-state index < -0.39 is 0 Å². The van der Waals surface area contributed by atoms with Crippen molar-refractivity contribution in [2.24, 2.45) is 0 Å². The van der Waals surface area contributed by atoms with E-state index in [0.29, 0.717) is 0 Å². The normalized spacial score (nSPS) is 11.9. The molecule has 2 heterocycles. The number of benzene rings is 8. The van der Waals surface area contributed by atoms with E-state index in [2.05, 4.69) is 163 Å². The molecule has 8 aromatic carbocycles. The van der Waals surface area contributed by atoms with E-state index >= 15 is 0 Å². The molecule has 0 spiro atoms. The van der Waals surface area contributed by atoms with Gasteiger partial charge in [-0.05, 0) is 97.0 Å². The van der Waals surface area contributed by atoms with E-state index in [1.807, 2.05) is 11.3 Å². The standard InChI is InChI=1S/C45H30N2S/c1-2-43-46-39-17-9-10-18-40(39)47(43)32-22-19-28(20-23-32)44-34-13-5-7-15-36(34)45(37-16-8-6-14-35(37)44)31-21-24-33-38-25-29-11-3-4-12-30(29)26-42(38)48-41(33)27-31/h3-27H,2H2,1H3. The predicted molar refractivity (Wildman–Crippen MR) is 207 cm³/mol. The van der Waals surface area contributed by atoms with Crippen LogP contribution >= 0.6 is 11.3 Å². The van der Waals surface area contributed by atoms with Crippen LogP contribution in [0, 0.1) is 0 Å². The van der Waals surface area contributed by atoms with Crippen LogP contribution in [0.15, 0.2) is 152 Å². The van der Waals surface area contributed by atoms with Crippen molar-refractivity contribution >= 4 is 74.9 Å². The molecule has 0 aliphatic heterocycles. The number of imidazole rings is 1. The van der Waals surface area contributed by atoms with E-state index in [1.54, 1.807) is 0 Å². The van der Waals surface area contributed by atoms with Crippen molar-refractivity contribution in [3.8, 4) is 27.9 Å². The van der Waals surface area contributed by atoms with Gasteiger partial charge in [0.15, 0.2) is 0 Å². The lowest BCUT2D eigenvalue weighted by Crippen LogP contribution is -2.00. The monoisotopic (exact) mass is 630 g/mol. The fraction of sp³-hybridized carbons (Fsp3) is 0.0444. The summed E-state index contributed by atoms with van der Waals surface area (Å²) in [5.41, 5.74) is 8.36. The first-order chi connectivity index (χ1) is 23.7. The highest BCUT2D eigenvalue weighted by molar-refractivity contribution is 7.25. The van der Waals surface area contributed by atoms with E-state index in [0.717, 1.165) is 29.0 Å². The SMILES string of the molecule is CCc1nc2ccccc2n1-c1ccc(-c2c3ccccc3c(-c3ccc4c(c3)sc3cc5ccccc5cc34)c3ccccc23)cc1. The third-order valence-corrected chi connectivity index (χ3v) is 11.0. The molecule has 10 aromatic rings. The lowest BCUT2D eigenvalue weighted by Gasteiger charge is -2.18. The maximum absolute atomic E-state index is 4.92. The van der Waals surface area contributed by atoms with Gasteiger partial charge in [0, 0.05) is 32.3 Å². The fourth-order valence-corrected chi connectivity index (χ4v) is 8.92. The van der Waals surface area contributed by atoms with Gasteiger partial charge in [-0.2, -0.15) is 0 Å². The highest BCUT2D eigenvalue weighted by Gasteiger charge is 2.18. The Morgan fingerprint density at radius 2 is 1.06 bits per heavy atom. The number of aromatic nitrogens is 2. The van der Waals surface area contributed by atoms with Crippen molar-refractivity contribution in [3.63, 3.8) is 0 Å². The Labute approximate surface area is 282 Å². The highest BCUT2D eigenvalue weighted by atomic mass is 32.1. The minimum Gasteiger partial charge on any atom is -0.296 e. The third-order valence-electron chi connectivity index (χ3n) is 9.92. The van der Waals surface area contributed by atoms with Crippen LogP contribution in [0.25, 0.3) is 91.5 Å². The zero-order valence-electron chi connectivity index (χ0n) is 26.4. The zero-order chi connectivity index (χ0) is 31.8. The van der Waals surface area contributed by atoms with Crippen molar-refractivity contribution in [2.45, 2.75) is 13.3 Å². The van der Waals surface area contributed by atoms with Gasteiger partial charge >= 0.3 is 0 Å². The topological polar surface area (TPSA) is 17.8 Å². The van der Waals surface area contributed by atoms with E-state index in [1.165, 1.54) is 74.7 Å². The first kappa shape index (κ1) is 27.4. The lowest BCUT2D eigenvalue weighted by molar-refractivity contribution is 0.908. The fourth-order valence-electron chi connectivity index (χ4n) is 7.75. The molecule has 0 fully saturated rings. The van der Waals surface area contributed by atoms with Crippen molar-refractivity contribution in [3.05, 3.63) is 157 Å². The van der Waals surface area contributed by atoms with Crippen LogP contribution in [0.2, 0.25) is 0 Å². The molecule has 0 amide bonds. The van der Waals surface area contributed by atoms with E-state index in [4.69, 9.17) is 4.98 Å². The Kier molecular flexibility index (Phi) is 6.06. The van der Waals surface area contributed by atoms with Gasteiger partial charge in [0.05, 0.1) is 11.0 Å². The molecule has 0 bridgehead atoms. The average Bonchev–Trinajstić information content (AvgIpc) is 3.70.